The highest BCUT2D eigenvalue weighted by Crippen LogP contribution is 2.28. The number of nitrogens with zero attached hydrogens (tertiary/aromatic N) is 2. The summed E-state index contributed by atoms with van der Waals surface area (Å²) in [7, 11) is -4.22. The second-order valence-electron chi connectivity index (χ2n) is 12.0. The van der Waals surface area contributed by atoms with Gasteiger partial charge in [-0.1, -0.05) is 74.3 Å². The predicted molar refractivity (Wildman–Crippen MR) is 193 cm³/mol. The Balaban J connectivity index is 1.82. The number of hydrogen-bond acceptors (Lipinski definition) is 5. The molecule has 0 aromatic heterocycles. The molecule has 47 heavy (non-hydrogen) atoms. The van der Waals surface area contributed by atoms with Gasteiger partial charge in [0, 0.05) is 27.4 Å². The van der Waals surface area contributed by atoms with Crippen molar-refractivity contribution in [2.45, 2.75) is 57.1 Å². The number of anilines is 1. The minimum Gasteiger partial charge on any atom is -0.494 e. The van der Waals surface area contributed by atoms with Crippen molar-refractivity contribution in [3.63, 3.8) is 0 Å². The van der Waals surface area contributed by atoms with Gasteiger partial charge in [-0.3, -0.25) is 13.9 Å². The summed E-state index contributed by atoms with van der Waals surface area (Å²) in [6.45, 7) is 7.47. The van der Waals surface area contributed by atoms with E-state index in [0.29, 0.717) is 16.8 Å². The number of carbonyl (C=O) groups excluding carboxylic acids is 2. The molecular weight excluding hydrogens is 746 g/mol. The number of amides is 2. The molecule has 4 rings (SSSR count). The van der Waals surface area contributed by atoms with E-state index in [0.717, 1.165) is 19.9 Å². The number of benzene rings is 4. The number of nitrogens with one attached hydrogen (secondary N) is 1. The molecule has 0 bridgehead atoms. The van der Waals surface area contributed by atoms with Gasteiger partial charge in [-0.05, 0) is 99.5 Å². The number of rotatable bonds is 13. The third kappa shape index (κ3) is 10.2. The highest BCUT2D eigenvalue weighted by molar-refractivity contribution is 9.10. The van der Waals surface area contributed by atoms with Gasteiger partial charge in [0.05, 0.1) is 17.2 Å². The Hall–Kier alpha value is -3.67. The fourth-order valence-electron chi connectivity index (χ4n) is 4.98. The average Bonchev–Trinajstić information content (AvgIpc) is 3.02. The summed E-state index contributed by atoms with van der Waals surface area (Å²) in [5.41, 5.74) is 1.35. The van der Waals surface area contributed by atoms with E-state index in [2.05, 4.69) is 37.2 Å². The second kappa shape index (κ2) is 16.0. The Morgan fingerprint density at radius 1 is 0.830 bits per heavy atom. The van der Waals surface area contributed by atoms with Crippen LogP contribution in [0.15, 0.2) is 117 Å². The minimum absolute atomic E-state index is 0.0206. The van der Waals surface area contributed by atoms with Crippen LogP contribution in [0.5, 0.6) is 5.75 Å². The van der Waals surface area contributed by atoms with E-state index in [4.69, 9.17) is 4.74 Å². The molecule has 0 aliphatic carbocycles. The largest absolute Gasteiger partial charge is 0.494 e. The summed E-state index contributed by atoms with van der Waals surface area (Å²) < 4.78 is 36.6. The molecule has 2 amide bonds. The Morgan fingerprint density at radius 2 is 1.47 bits per heavy atom. The fraction of sp³-hybridized carbons (Fsp3) is 0.278. The van der Waals surface area contributed by atoms with Crippen LogP contribution >= 0.6 is 31.9 Å². The second-order valence-corrected chi connectivity index (χ2v) is 15.7. The molecule has 0 saturated carbocycles. The molecule has 248 valence electrons. The van der Waals surface area contributed by atoms with Gasteiger partial charge in [-0.25, -0.2) is 8.42 Å². The number of ether oxygens (including phenoxy) is 1. The van der Waals surface area contributed by atoms with E-state index < -0.39 is 34.1 Å². The Morgan fingerprint density at radius 3 is 2.06 bits per heavy atom. The van der Waals surface area contributed by atoms with Crippen LogP contribution in [-0.4, -0.2) is 49.9 Å². The van der Waals surface area contributed by atoms with Crippen molar-refractivity contribution in [1.82, 2.24) is 10.2 Å². The van der Waals surface area contributed by atoms with Gasteiger partial charge in [-0.2, -0.15) is 0 Å². The predicted octanol–water partition coefficient (Wildman–Crippen LogP) is 7.36. The minimum atomic E-state index is -4.22. The number of hydrogen-bond donors (Lipinski definition) is 1. The summed E-state index contributed by atoms with van der Waals surface area (Å²) in [5.74, 6) is -0.306. The molecule has 1 N–H and O–H groups in total. The van der Waals surface area contributed by atoms with Crippen molar-refractivity contribution in [2.24, 2.45) is 0 Å². The van der Waals surface area contributed by atoms with Gasteiger partial charge >= 0.3 is 0 Å². The first-order valence-electron chi connectivity index (χ1n) is 15.2. The van der Waals surface area contributed by atoms with E-state index in [1.165, 1.54) is 17.0 Å². The van der Waals surface area contributed by atoms with E-state index in [1.807, 2.05) is 82.3 Å². The first-order chi connectivity index (χ1) is 22.3. The first kappa shape index (κ1) is 36.2. The quantitative estimate of drug-likeness (QED) is 0.153. The first-order valence-corrected chi connectivity index (χ1v) is 18.2. The Kier molecular flexibility index (Phi) is 12.3. The van der Waals surface area contributed by atoms with Crippen molar-refractivity contribution in [3.8, 4) is 5.75 Å². The monoisotopic (exact) mass is 783 g/mol. The number of carbonyl (C=O) groups is 2. The maximum absolute atomic E-state index is 14.6. The lowest BCUT2D eigenvalue weighted by Gasteiger charge is -2.35. The molecule has 0 spiro atoms. The summed E-state index contributed by atoms with van der Waals surface area (Å²) in [5, 5.41) is 3.04. The van der Waals surface area contributed by atoms with Crippen molar-refractivity contribution < 1.29 is 22.7 Å². The molecule has 0 aliphatic rings. The lowest BCUT2D eigenvalue weighted by Crippen LogP contribution is -2.56. The third-order valence-corrected chi connectivity index (χ3v) is 9.94. The zero-order valence-corrected chi connectivity index (χ0v) is 30.8. The zero-order chi connectivity index (χ0) is 34.2. The molecule has 0 heterocycles. The Bertz CT molecular complexity index is 1760. The number of halogens is 2. The van der Waals surface area contributed by atoms with Crippen LogP contribution in [0, 0.1) is 0 Å². The maximum Gasteiger partial charge on any atom is 0.264 e. The third-order valence-electron chi connectivity index (χ3n) is 7.13. The average molecular weight is 786 g/mol. The van der Waals surface area contributed by atoms with Gasteiger partial charge in [0.2, 0.25) is 11.8 Å². The summed E-state index contributed by atoms with van der Waals surface area (Å²) >= 11 is 6.88. The molecule has 0 aliphatic heterocycles. The zero-order valence-electron chi connectivity index (χ0n) is 26.8. The molecule has 0 radical (unpaired) electrons. The highest BCUT2D eigenvalue weighted by atomic mass is 79.9. The standard InChI is InChI=1S/C36H39Br2N3O5S/c1-5-46-31-18-16-30(17-19-31)41(47(44,45)32-20-14-28(37)15-21-32)25-34(42)40(24-27-12-9-13-29(38)22-27)33(35(43)39-36(2,3)4)23-26-10-7-6-8-11-26/h6-22,33H,5,23-25H2,1-4H3,(H,39,43)/t33-/m1/s1. The van der Waals surface area contributed by atoms with E-state index in [9.17, 15) is 18.0 Å². The Labute approximate surface area is 294 Å². The molecule has 4 aromatic carbocycles. The van der Waals surface area contributed by atoms with Crippen LogP contribution in [0.2, 0.25) is 0 Å². The lowest BCUT2D eigenvalue weighted by atomic mass is 10.0. The molecule has 11 heteroatoms. The van der Waals surface area contributed by atoms with E-state index in [1.54, 1.807) is 36.4 Å². The lowest BCUT2D eigenvalue weighted by molar-refractivity contribution is -0.140. The van der Waals surface area contributed by atoms with Gasteiger partial charge in [0.15, 0.2) is 0 Å². The van der Waals surface area contributed by atoms with Crippen LogP contribution in [0.4, 0.5) is 5.69 Å². The van der Waals surface area contributed by atoms with Crippen molar-refractivity contribution in [3.05, 3.63) is 123 Å². The van der Waals surface area contributed by atoms with Gasteiger partial charge < -0.3 is 15.0 Å². The van der Waals surface area contributed by atoms with E-state index >= 15 is 0 Å². The molecule has 1 atom stereocenters. The van der Waals surface area contributed by atoms with Crippen LogP contribution in [0.3, 0.4) is 0 Å². The molecular formula is C36H39Br2N3O5S. The number of sulfonamides is 1. The van der Waals surface area contributed by atoms with Gasteiger partial charge in [0.25, 0.3) is 10.0 Å². The van der Waals surface area contributed by atoms with Crippen LogP contribution in [0.25, 0.3) is 0 Å². The topological polar surface area (TPSA) is 96.0 Å². The SMILES string of the molecule is CCOc1ccc(N(CC(=O)N(Cc2cccc(Br)c2)[C@H](Cc2ccccc2)C(=O)NC(C)(C)C)S(=O)(=O)c2ccc(Br)cc2)cc1. The summed E-state index contributed by atoms with van der Waals surface area (Å²) in [6, 6.07) is 28.8. The maximum atomic E-state index is 14.6. The smallest absolute Gasteiger partial charge is 0.264 e. The molecule has 4 aromatic rings. The van der Waals surface area contributed by atoms with Crippen molar-refractivity contribution in [2.75, 3.05) is 17.5 Å². The van der Waals surface area contributed by atoms with Crippen molar-refractivity contribution >= 4 is 59.4 Å². The van der Waals surface area contributed by atoms with Gasteiger partial charge in [0.1, 0.15) is 18.3 Å². The van der Waals surface area contributed by atoms with Gasteiger partial charge in [-0.15, -0.1) is 0 Å². The van der Waals surface area contributed by atoms with Crippen LogP contribution in [-0.2, 0) is 32.6 Å². The summed E-state index contributed by atoms with van der Waals surface area (Å²) in [4.78, 5) is 30.1. The molecule has 0 fully saturated rings. The summed E-state index contributed by atoms with van der Waals surface area (Å²) in [6.07, 6.45) is 0.227. The van der Waals surface area contributed by atoms with Crippen molar-refractivity contribution in [1.29, 1.82) is 0 Å². The van der Waals surface area contributed by atoms with E-state index in [-0.39, 0.29) is 29.5 Å². The van der Waals surface area contributed by atoms with Crippen LogP contribution < -0.4 is 14.4 Å². The highest BCUT2D eigenvalue weighted by Gasteiger charge is 2.35. The molecule has 0 unspecified atom stereocenters. The molecule has 0 saturated heterocycles. The van der Waals surface area contributed by atoms with Crippen LogP contribution in [0.1, 0.15) is 38.8 Å². The fourth-order valence-corrected chi connectivity index (χ4v) is 7.10. The molecule has 8 nitrogen and oxygen atoms in total. The normalized spacial score (nSPS) is 12.2.